The van der Waals surface area contributed by atoms with Gasteiger partial charge in [0.25, 0.3) is 10.0 Å². The molecule has 0 unspecified atom stereocenters. The quantitative estimate of drug-likeness (QED) is 0.576. The van der Waals surface area contributed by atoms with Crippen molar-refractivity contribution < 1.29 is 8.42 Å². The number of nitrogen functional groups attached to an aromatic ring is 1. The Morgan fingerprint density at radius 3 is 2.75 bits per heavy atom. The van der Waals surface area contributed by atoms with Crippen LogP contribution in [-0.2, 0) is 16.4 Å². The molecule has 2 rings (SSSR count). The molecule has 1 aromatic heterocycles. The van der Waals surface area contributed by atoms with E-state index in [2.05, 4.69) is 15.1 Å². The van der Waals surface area contributed by atoms with Gasteiger partial charge >= 0.3 is 0 Å². The summed E-state index contributed by atoms with van der Waals surface area (Å²) < 4.78 is 27.1. The van der Waals surface area contributed by atoms with E-state index in [4.69, 9.17) is 5.84 Å². The number of hydrazine groups is 1. The number of benzene rings is 1. The summed E-state index contributed by atoms with van der Waals surface area (Å²) in [4.78, 5) is 3.87. The maximum Gasteiger partial charge on any atom is 0.281 e. The number of nitrogens with two attached hydrogens (primary N) is 1. The number of aromatic nitrogens is 1. The van der Waals surface area contributed by atoms with Crippen molar-refractivity contribution in [2.24, 2.45) is 5.84 Å². The van der Waals surface area contributed by atoms with E-state index in [1.165, 1.54) is 6.20 Å². The number of aryl methyl sites for hydroxylation is 1. The molecule has 1 heterocycles. The number of nitrogens with zero attached hydrogens (tertiary/aromatic N) is 1. The molecule has 1 aromatic carbocycles. The van der Waals surface area contributed by atoms with E-state index in [0.717, 1.165) is 12.0 Å². The van der Waals surface area contributed by atoms with Gasteiger partial charge in [0.1, 0.15) is 0 Å². The lowest BCUT2D eigenvalue weighted by Crippen LogP contribution is -2.19. The standard InChI is InChI=1S/C13H16N4O2S/c1-2-10-5-3-6-11(9-10)17-20(18,19)13-12(16-14)7-4-8-15-13/h3-9,16-17H,2,14H2,1H3. The van der Waals surface area contributed by atoms with E-state index < -0.39 is 10.0 Å². The number of rotatable bonds is 5. The van der Waals surface area contributed by atoms with Crippen LogP contribution < -0.4 is 16.0 Å². The van der Waals surface area contributed by atoms with Crippen LogP contribution in [0.2, 0.25) is 0 Å². The predicted molar refractivity (Wildman–Crippen MR) is 78.7 cm³/mol. The van der Waals surface area contributed by atoms with Crippen LogP contribution in [0.5, 0.6) is 0 Å². The Morgan fingerprint density at radius 1 is 1.25 bits per heavy atom. The van der Waals surface area contributed by atoms with E-state index >= 15 is 0 Å². The molecule has 0 atom stereocenters. The second-order valence-corrected chi connectivity index (χ2v) is 5.76. The second-order valence-electron chi connectivity index (χ2n) is 4.16. The third-order valence-electron chi connectivity index (χ3n) is 2.77. The Morgan fingerprint density at radius 2 is 2.05 bits per heavy atom. The van der Waals surface area contributed by atoms with Crippen LogP contribution in [0, 0.1) is 0 Å². The third kappa shape index (κ3) is 3.06. The highest BCUT2D eigenvalue weighted by molar-refractivity contribution is 7.92. The van der Waals surface area contributed by atoms with Crippen LogP contribution in [0.1, 0.15) is 12.5 Å². The third-order valence-corrected chi connectivity index (χ3v) is 4.11. The van der Waals surface area contributed by atoms with Crippen molar-refractivity contribution >= 4 is 21.4 Å². The molecule has 106 valence electrons. The van der Waals surface area contributed by atoms with Crippen LogP contribution >= 0.6 is 0 Å². The van der Waals surface area contributed by atoms with Gasteiger partial charge in [-0.3, -0.25) is 10.6 Å². The van der Waals surface area contributed by atoms with Gasteiger partial charge in [-0.1, -0.05) is 19.1 Å². The number of anilines is 2. The van der Waals surface area contributed by atoms with E-state index in [1.54, 1.807) is 30.3 Å². The van der Waals surface area contributed by atoms with Crippen molar-refractivity contribution in [3.63, 3.8) is 0 Å². The second kappa shape index (κ2) is 5.89. The van der Waals surface area contributed by atoms with E-state index in [0.29, 0.717) is 5.69 Å². The van der Waals surface area contributed by atoms with Crippen LogP contribution in [-0.4, -0.2) is 13.4 Å². The Bertz CT molecular complexity index is 701. The van der Waals surface area contributed by atoms with Gasteiger partial charge < -0.3 is 5.43 Å². The predicted octanol–water partition coefficient (Wildman–Crippen LogP) is 1.73. The van der Waals surface area contributed by atoms with Crippen molar-refractivity contribution in [2.75, 3.05) is 10.1 Å². The van der Waals surface area contributed by atoms with E-state index in [1.807, 2.05) is 13.0 Å². The lowest BCUT2D eigenvalue weighted by atomic mass is 10.1. The average Bonchev–Trinajstić information content (AvgIpc) is 2.47. The number of hydrogen-bond donors (Lipinski definition) is 3. The largest absolute Gasteiger partial charge is 0.321 e. The summed E-state index contributed by atoms with van der Waals surface area (Å²) in [7, 11) is -3.78. The smallest absolute Gasteiger partial charge is 0.281 e. The van der Waals surface area contributed by atoms with Gasteiger partial charge in [-0.15, -0.1) is 0 Å². The summed E-state index contributed by atoms with van der Waals surface area (Å²) in [5.41, 5.74) is 4.11. The Kier molecular flexibility index (Phi) is 4.21. The van der Waals surface area contributed by atoms with E-state index in [-0.39, 0.29) is 10.7 Å². The summed E-state index contributed by atoms with van der Waals surface area (Å²) in [5.74, 6) is 5.30. The first-order chi connectivity index (χ1) is 9.56. The summed E-state index contributed by atoms with van der Waals surface area (Å²) in [6.07, 6.45) is 2.23. The zero-order valence-electron chi connectivity index (χ0n) is 11.0. The van der Waals surface area contributed by atoms with Crippen LogP contribution in [0.4, 0.5) is 11.4 Å². The van der Waals surface area contributed by atoms with Gasteiger partial charge in [0, 0.05) is 11.9 Å². The monoisotopic (exact) mass is 292 g/mol. The van der Waals surface area contributed by atoms with Gasteiger partial charge in [0.2, 0.25) is 5.03 Å². The molecule has 6 nitrogen and oxygen atoms in total. The Balaban J connectivity index is 2.35. The number of sulfonamides is 1. The van der Waals surface area contributed by atoms with Crippen molar-refractivity contribution in [3.05, 3.63) is 48.2 Å². The number of hydrogen-bond acceptors (Lipinski definition) is 5. The van der Waals surface area contributed by atoms with Gasteiger partial charge in [-0.05, 0) is 36.2 Å². The highest BCUT2D eigenvalue weighted by Crippen LogP contribution is 2.21. The minimum atomic E-state index is -3.78. The molecule has 4 N–H and O–H groups in total. The molecule has 0 spiro atoms. The average molecular weight is 292 g/mol. The molecule has 0 aliphatic carbocycles. The fourth-order valence-corrected chi connectivity index (χ4v) is 2.92. The molecule has 0 aliphatic rings. The first-order valence-corrected chi connectivity index (χ1v) is 7.58. The minimum absolute atomic E-state index is 0.135. The van der Waals surface area contributed by atoms with Gasteiger partial charge in [0.05, 0.1) is 5.69 Å². The lowest BCUT2D eigenvalue weighted by molar-refractivity contribution is 0.598. The van der Waals surface area contributed by atoms with Gasteiger partial charge in [-0.2, -0.15) is 8.42 Å². The maximum atomic E-state index is 12.3. The molecule has 0 saturated carbocycles. The molecule has 0 amide bonds. The minimum Gasteiger partial charge on any atom is -0.321 e. The van der Waals surface area contributed by atoms with Crippen LogP contribution in [0.15, 0.2) is 47.6 Å². The molecule has 0 bridgehead atoms. The highest BCUT2D eigenvalue weighted by Gasteiger charge is 2.19. The lowest BCUT2D eigenvalue weighted by Gasteiger charge is -2.11. The first kappa shape index (κ1) is 14.3. The summed E-state index contributed by atoms with van der Waals surface area (Å²) in [6, 6.07) is 10.4. The molecular weight excluding hydrogens is 276 g/mol. The summed E-state index contributed by atoms with van der Waals surface area (Å²) in [6.45, 7) is 2.00. The normalized spacial score (nSPS) is 11.1. The molecule has 20 heavy (non-hydrogen) atoms. The summed E-state index contributed by atoms with van der Waals surface area (Å²) in [5, 5.41) is -0.135. The molecule has 2 aromatic rings. The Labute approximate surface area is 118 Å². The Hall–Kier alpha value is -2.12. The zero-order valence-corrected chi connectivity index (χ0v) is 11.8. The van der Waals surface area contributed by atoms with Crippen LogP contribution in [0.3, 0.4) is 0 Å². The van der Waals surface area contributed by atoms with Crippen LogP contribution in [0.25, 0.3) is 0 Å². The van der Waals surface area contributed by atoms with Gasteiger partial charge in [-0.25, -0.2) is 4.98 Å². The van der Waals surface area contributed by atoms with Crippen molar-refractivity contribution in [1.82, 2.24) is 4.98 Å². The summed E-state index contributed by atoms with van der Waals surface area (Å²) >= 11 is 0. The molecule has 7 heteroatoms. The topological polar surface area (TPSA) is 97.1 Å². The zero-order chi connectivity index (χ0) is 14.6. The molecular formula is C13H16N4O2S. The van der Waals surface area contributed by atoms with Gasteiger partial charge in [0.15, 0.2) is 0 Å². The van der Waals surface area contributed by atoms with Crippen molar-refractivity contribution in [2.45, 2.75) is 18.4 Å². The number of nitrogens with one attached hydrogen (secondary N) is 2. The molecule has 0 saturated heterocycles. The maximum absolute atomic E-state index is 12.3. The van der Waals surface area contributed by atoms with Crippen molar-refractivity contribution in [1.29, 1.82) is 0 Å². The molecule has 0 fully saturated rings. The molecule has 0 aliphatic heterocycles. The SMILES string of the molecule is CCc1cccc(NS(=O)(=O)c2ncccc2NN)c1. The van der Waals surface area contributed by atoms with Crippen molar-refractivity contribution in [3.8, 4) is 0 Å². The fraction of sp³-hybridized carbons (Fsp3) is 0.154. The van der Waals surface area contributed by atoms with E-state index in [9.17, 15) is 8.42 Å². The molecule has 0 radical (unpaired) electrons. The first-order valence-electron chi connectivity index (χ1n) is 6.10. The highest BCUT2D eigenvalue weighted by atomic mass is 32.2. The fourth-order valence-electron chi connectivity index (χ4n) is 1.77. The number of pyridine rings is 1.